The van der Waals surface area contributed by atoms with Gasteiger partial charge in [-0.3, -0.25) is 14.8 Å². The highest BCUT2D eigenvalue weighted by Gasteiger charge is 2.27. The predicted molar refractivity (Wildman–Crippen MR) is 128 cm³/mol. The summed E-state index contributed by atoms with van der Waals surface area (Å²) < 4.78 is 28.7. The zero-order chi connectivity index (χ0) is 25.4. The van der Waals surface area contributed by atoms with Crippen LogP contribution in [0.5, 0.6) is 0 Å². The summed E-state index contributed by atoms with van der Waals surface area (Å²) in [5.41, 5.74) is 3.39. The average molecular weight is 501 g/mol. The van der Waals surface area contributed by atoms with Crippen LogP contribution in [0.2, 0.25) is 0 Å². The van der Waals surface area contributed by atoms with Gasteiger partial charge in [0.25, 0.3) is 5.91 Å². The molecular formula is C23H28N6O5S. The Morgan fingerprint density at radius 2 is 1.71 bits per heavy atom. The average Bonchev–Trinajstić information content (AvgIpc) is 3.30. The third-order valence-electron chi connectivity index (χ3n) is 5.10. The molecule has 12 heteroatoms. The van der Waals surface area contributed by atoms with E-state index >= 15 is 0 Å². The number of carbonyl (C=O) groups excluding carboxylic acids is 2. The van der Waals surface area contributed by atoms with Gasteiger partial charge in [-0.15, -0.1) is 5.10 Å². The Labute approximate surface area is 203 Å². The molecule has 2 aromatic carbocycles. The molecule has 11 nitrogen and oxygen atoms in total. The Kier molecular flexibility index (Phi) is 8.68. The molecule has 0 radical (unpaired) electrons. The number of hydrogen-bond acceptors (Lipinski definition) is 7. The van der Waals surface area contributed by atoms with Gasteiger partial charge in [0.05, 0.1) is 29.9 Å². The summed E-state index contributed by atoms with van der Waals surface area (Å²) in [4.78, 5) is 24.5. The summed E-state index contributed by atoms with van der Waals surface area (Å²) >= 11 is 0. The first-order valence-electron chi connectivity index (χ1n) is 11.0. The molecule has 35 heavy (non-hydrogen) atoms. The van der Waals surface area contributed by atoms with E-state index in [9.17, 15) is 18.0 Å². The summed E-state index contributed by atoms with van der Waals surface area (Å²) in [5, 5.41) is 19.6. The van der Waals surface area contributed by atoms with Gasteiger partial charge in [0.2, 0.25) is 15.9 Å². The molecule has 0 saturated heterocycles. The molecule has 0 bridgehead atoms. The number of hydrogen-bond donors (Lipinski definition) is 4. The van der Waals surface area contributed by atoms with Crippen molar-refractivity contribution >= 4 is 27.5 Å². The Bertz CT molecular complexity index is 1240. The van der Waals surface area contributed by atoms with E-state index in [4.69, 9.17) is 5.21 Å². The highest BCUT2D eigenvalue weighted by Crippen LogP contribution is 2.17. The highest BCUT2D eigenvalue weighted by atomic mass is 32.2. The van der Waals surface area contributed by atoms with Crippen molar-refractivity contribution in [2.45, 2.75) is 38.3 Å². The highest BCUT2D eigenvalue weighted by molar-refractivity contribution is 7.89. The molecule has 3 rings (SSSR count). The van der Waals surface area contributed by atoms with Gasteiger partial charge in [-0.05, 0) is 42.2 Å². The second-order valence-corrected chi connectivity index (χ2v) is 10.2. The predicted octanol–water partition coefficient (Wildman–Crippen LogP) is 1.91. The Morgan fingerprint density at radius 3 is 2.34 bits per heavy atom. The third-order valence-corrected chi connectivity index (χ3v) is 6.52. The van der Waals surface area contributed by atoms with Gasteiger partial charge in [-0.1, -0.05) is 49.4 Å². The molecule has 0 spiro atoms. The molecule has 1 atom stereocenters. The first-order valence-corrected chi connectivity index (χ1v) is 12.4. The molecule has 0 fully saturated rings. The van der Waals surface area contributed by atoms with Crippen molar-refractivity contribution in [3.63, 3.8) is 0 Å². The van der Waals surface area contributed by atoms with Gasteiger partial charge in [0, 0.05) is 5.69 Å². The lowest BCUT2D eigenvalue weighted by atomic mass is 9.95. The smallest absolute Gasteiger partial charge is 0.255 e. The van der Waals surface area contributed by atoms with Gasteiger partial charge in [0.15, 0.2) is 0 Å². The summed E-state index contributed by atoms with van der Waals surface area (Å²) in [7, 11) is -3.64. The molecule has 3 aromatic rings. The SMILES string of the molecule is CC(C)CC(C(=O)NO)C(=O)Nc1ccc(Cn2cc(CNS(=O)(=O)c3ccccc3)nn2)cc1. The fourth-order valence-electron chi connectivity index (χ4n) is 3.34. The van der Waals surface area contributed by atoms with Gasteiger partial charge >= 0.3 is 0 Å². The summed E-state index contributed by atoms with van der Waals surface area (Å²) in [5.74, 6) is -2.17. The lowest BCUT2D eigenvalue weighted by molar-refractivity contribution is -0.139. The maximum absolute atomic E-state index is 12.5. The zero-order valence-electron chi connectivity index (χ0n) is 19.4. The number of nitrogens with one attached hydrogen (secondary N) is 3. The Hall–Kier alpha value is -3.61. The van der Waals surface area contributed by atoms with Crippen LogP contribution in [-0.4, -0.2) is 40.4 Å². The maximum atomic E-state index is 12.5. The van der Waals surface area contributed by atoms with Gasteiger partial charge in [0.1, 0.15) is 5.92 Å². The minimum atomic E-state index is -3.64. The molecule has 4 N–H and O–H groups in total. The molecule has 1 unspecified atom stereocenters. The van der Waals surface area contributed by atoms with Gasteiger partial charge < -0.3 is 5.32 Å². The molecule has 2 amide bonds. The van der Waals surface area contributed by atoms with Crippen molar-refractivity contribution < 1.29 is 23.2 Å². The van der Waals surface area contributed by atoms with E-state index in [2.05, 4.69) is 20.4 Å². The van der Waals surface area contributed by atoms with Crippen molar-refractivity contribution in [2.75, 3.05) is 5.32 Å². The van der Waals surface area contributed by atoms with Crippen molar-refractivity contribution in [3.8, 4) is 0 Å². The number of aromatic nitrogens is 3. The standard InChI is InChI=1S/C23H28N6O5S/c1-16(2)12-21(23(31)27-32)22(30)25-18-10-8-17(9-11-18)14-29-15-19(26-28-29)13-24-35(33,34)20-6-4-3-5-7-20/h3-11,15-16,21,24,32H,12-14H2,1-2H3,(H,25,30)(H,27,31). The topological polar surface area (TPSA) is 155 Å². The van der Waals surface area contributed by atoms with Crippen LogP contribution in [0.1, 0.15) is 31.5 Å². The first kappa shape index (κ1) is 26.0. The number of nitrogens with zero attached hydrogens (tertiary/aromatic N) is 3. The van der Waals surface area contributed by atoms with Crippen LogP contribution in [0, 0.1) is 11.8 Å². The van der Waals surface area contributed by atoms with E-state index in [0.29, 0.717) is 24.3 Å². The van der Waals surface area contributed by atoms with Gasteiger partial charge in [-0.25, -0.2) is 23.3 Å². The summed E-state index contributed by atoms with van der Waals surface area (Å²) in [6, 6.07) is 15.0. The van der Waals surface area contributed by atoms with Crippen LogP contribution in [0.4, 0.5) is 5.69 Å². The fraction of sp³-hybridized carbons (Fsp3) is 0.304. The number of benzene rings is 2. The van der Waals surface area contributed by atoms with Crippen molar-refractivity contribution in [1.29, 1.82) is 0 Å². The second kappa shape index (κ2) is 11.7. The van der Waals surface area contributed by atoms with E-state index in [-0.39, 0.29) is 17.4 Å². The minimum absolute atomic E-state index is 0.00115. The Morgan fingerprint density at radius 1 is 1.03 bits per heavy atom. The maximum Gasteiger partial charge on any atom is 0.255 e. The molecule has 0 saturated carbocycles. The second-order valence-electron chi connectivity index (χ2n) is 8.39. The number of carbonyl (C=O) groups is 2. The summed E-state index contributed by atoms with van der Waals surface area (Å²) in [6.07, 6.45) is 1.94. The molecule has 1 aromatic heterocycles. The lowest BCUT2D eigenvalue weighted by Gasteiger charge is -2.17. The quantitative estimate of drug-likeness (QED) is 0.178. The van der Waals surface area contributed by atoms with E-state index in [1.807, 2.05) is 13.8 Å². The van der Waals surface area contributed by atoms with Crippen molar-refractivity contribution in [2.24, 2.45) is 11.8 Å². The van der Waals surface area contributed by atoms with Gasteiger partial charge in [-0.2, -0.15) is 0 Å². The number of sulfonamides is 1. The Balaban J connectivity index is 1.56. The molecular weight excluding hydrogens is 472 g/mol. The summed E-state index contributed by atoms with van der Waals surface area (Å²) in [6.45, 7) is 4.15. The van der Waals surface area contributed by atoms with E-state index in [1.54, 1.807) is 58.8 Å². The number of hydroxylamine groups is 1. The monoisotopic (exact) mass is 500 g/mol. The van der Waals surface area contributed by atoms with Crippen LogP contribution in [0.3, 0.4) is 0 Å². The van der Waals surface area contributed by atoms with Crippen LogP contribution in [0.25, 0.3) is 0 Å². The van der Waals surface area contributed by atoms with Crippen LogP contribution < -0.4 is 15.5 Å². The molecule has 186 valence electrons. The lowest BCUT2D eigenvalue weighted by Crippen LogP contribution is -2.37. The van der Waals surface area contributed by atoms with E-state index in [0.717, 1.165) is 5.56 Å². The molecule has 0 aliphatic carbocycles. The fourth-order valence-corrected chi connectivity index (χ4v) is 4.36. The minimum Gasteiger partial charge on any atom is -0.325 e. The van der Waals surface area contributed by atoms with Crippen LogP contribution in [-0.2, 0) is 32.7 Å². The zero-order valence-corrected chi connectivity index (χ0v) is 20.2. The first-order chi connectivity index (χ1) is 16.7. The number of amides is 2. The normalized spacial score (nSPS) is 12.3. The third kappa shape index (κ3) is 7.44. The molecule has 0 aliphatic rings. The number of rotatable bonds is 11. The van der Waals surface area contributed by atoms with Crippen LogP contribution in [0.15, 0.2) is 65.7 Å². The molecule has 1 heterocycles. The van der Waals surface area contributed by atoms with Crippen molar-refractivity contribution in [1.82, 2.24) is 25.2 Å². The van der Waals surface area contributed by atoms with E-state index in [1.165, 1.54) is 12.1 Å². The molecule has 0 aliphatic heterocycles. The largest absolute Gasteiger partial charge is 0.325 e. The van der Waals surface area contributed by atoms with Crippen molar-refractivity contribution in [3.05, 3.63) is 72.1 Å². The number of anilines is 1. The van der Waals surface area contributed by atoms with Crippen LogP contribution >= 0.6 is 0 Å². The van der Waals surface area contributed by atoms with E-state index < -0.39 is 27.8 Å².